The van der Waals surface area contributed by atoms with Crippen molar-refractivity contribution in [3.05, 3.63) is 47.2 Å². The summed E-state index contributed by atoms with van der Waals surface area (Å²) in [5.74, 6) is 0. The first-order valence-electron chi connectivity index (χ1n) is 6.87. The first kappa shape index (κ1) is 13.3. The van der Waals surface area contributed by atoms with Gasteiger partial charge in [0.25, 0.3) is 0 Å². The van der Waals surface area contributed by atoms with Crippen molar-refractivity contribution in [3.63, 3.8) is 0 Å². The number of para-hydroxylation sites is 2. The van der Waals surface area contributed by atoms with Crippen LogP contribution in [0.2, 0.25) is 0 Å². The molecule has 1 aromatic carbocycles. The van der Waals surface area contributed by atoms with Crippen molar-refractivity contribution in [2.45, 2.75) is 25.9 Å². The Balaban J connectivity index is 1.78. The lowest BCUT2D eigenvalue weighted by Crippen LogP contribution is -2.34. The number of nitrogens with one attached hydrogen (secondary N) is 1. The summed E-state index contributed by atoms with van der Waals surface area (Å²) in [6, 6.07) is 8.66. The number of thiazole rings is 1. The number of fused-ring (bicyclic) bond motifs is 1. The van der Waals surface area contributed by atoms with Crippen LogP contribution in [0, 0.1) is 0 Å². The van der Waals surface area contributed by atoms with Gasteiger partial charge in [0, 0.05) is 30.1 Å². The molecule has 0 aliphatic heterocycles. The molecule has 2 aromatic heterocycles. The minimum atomic E-state index is 0.401. The molecule has 0 bridgehead atoms. The summed E-state index contributed by atoms with van der Waals surface area (Å²) < 4.78 is 2.23. The summed E-state index contributed by atoms with van der Waals surface area (Å²) in [6.45, 7) is 4.04. The number of rotatable bonds is 6. The van der Waals surface area contributed by atoms with E-state index in [1.54, 1.807) is 11.3 Å². The quantitative estimate of drug-likeness (QED) is 0.757. The van der Waals surface area contributed by atoms with E-state index in [9.17, 15) is 0 Å². The van der Waals surface area contributed by atoms with Crippen molar-refractivity contribution in [3.8, 4) is 0 Å². The first-order valence-corrected chi connectivity index (χ1v) is 7.75. The van der Waals surface area contributed by atoms with Gasteiger partial charge in [-0.1, -0.05) is 19.1 Å². The fourth-order valence-corrected chi connectivity index (χ4v) is 3.15. The molecule has 3 aromatic rings. The number of benzene rings is 1. The van der Waals surface area contributed by atoms with E-state index in [4.69, 9.17) is 0 Å². The molecule has 1 N–H and O–H groups in total. The second-order valence-corrected chi connectivity index (χ2v) is 5.78. The summed E-state index contributed by atoms with van der Waals surface area (Å²) >= 11 is 1.72. The highest BCUT2D eigenvalue weighted by Crippen LogP contribution is 2.14. The molecule has 0 aliphatic rings. The second kappa shape index (κ2) is 6.15. The van der Waals surface area contributed by atoms with Gasteiger partial charge in [-0.2, -0.15) is 0 Å². The van der Waals surface area contributed by atoms with Gasteiger partial charge in [0.1, 0.15) is 0 Å². The Morgan fingerprint density at radius 3 is 3.05 bits per heavy atom. The van der Waals surface area contributed by atoms with E-state index in [0.717, 1.165) is 25.0 Å². The van der Waals surface area contributed by atoms with Gasteiger partial charge < -0.3 is 9.88 Å². The number of imidazole rings is 1. The fourth-order valence-electron chi connectivity index (χ4n) is 2.47. The van der Waals surface area contributed by atoms with E-state index >= 15 is 0 Å². The lowest BCUT2D eigenvalue weighted by atomic mass is 10.2. The molecule has 20 heavy (non-hydrogen) atoms. The molecule has 0 spiro atoms. The van der Waals surface area contributed by atoms with Gasteiger partial charge in [-0.15, -0.1) is 11.3 Å². The van der Waals surface area contributed by atoms with Gasteiger partial charge in [0.2, 0.25) is 0 Å². The zero-order chi connectivity index (χ0) is 13.8. The van der Waals surface area contributed by atoms with Crippen LogP contribution >= 0.6 is 11.3 Å². The van der Waals surface area contributed by atoms with Crippen LogP contribution in [0.15, 0.2) is 42.3 Å². The summed E-state index contributed by atoms with van der Waals surface area (Å²) in [7, 11) is 0. The fraction of sp³-hybridized carbons (Fsp3) is 0.333. The summed E-state index contributed by atoms with van der Waals surface area (Å²) in [5, 5.41) is 3.55. The van der Waals surface area contributed by atoms with E-state index in [2.05, 4.69) is 45.0 Å². The van der Waals surface area contributed by atoms with Gasteiger partial charge in [-0.25, -0.2) is 4.98 Å². The highest BCUT2D eigenvalue weighted by atomic mass is 32.1. The van der Waals surface area contributed by atoms with Crippen LogP contribution in [0.5, 0.6) is 0 Å². The number of likely N-dealkylation sites (N-methyl/N-ethyl adjacent to an activating group) is 1. The largest absolute Gasteiger partial charge is 0.329 e. The normalized spacial score (nSPS) is 12.8. The molecule has 0 radical (unpaired) electrons. The van der Waals surface area contributed by atoms with Crippen LogP contribution in [-0.2, 0) is 13.0 Å². The average Bonchev–Trinajstić information content (AvgIpc) is 3.10. The Kier molecular flexibility index (Phi) is 4.08. The maximum atomic E-state index is 4.45. The molecular formula is C15H18N4S. The third-order valence-electron chi connectivity index (χ3n) is 3.37. The van der Waals surface area contributed by atoms with E-state index in [1.165, 1.54) is 10.4 Å². The molecule has 2 heterocycles. The molecule has 4 nitrogen and oxygen atoms in total. The zero-order valence-electron chi connectivity index (χ0n) is 11.5. The Bertz CT molecular complexity index is 659. The summed E-state index contributed by atoms with van der Waals surface area (Å²) in [5.41, 5.74) is 4.14. The number of nitrogens with zero attached hydrogens (tertiary/aromatic N) is 3. The SMILES string of the molecule is CCNC(Cc1cncs1)Cn1cnc2ccccc21. The maximum Gasteiger partial charge on any atom is 0.0958 e. The molecule has 0 aliphatic carbocycles. The third-order valence-corrected chi connectivity index (χ3v) is 4.17. The topological polar surface area (TPSA) is 42.7 Å². The molecule has 1 atom stereocenters. The number of hydrogen-bond acceptors (Lipinski definition) is 4. The summed E-state index contributed by atoms with van der Waals surface area (Å²) in [4.78, 5) is 9.93. The Hall–Kier alpha value is -1.72. The molecule has 3 rings (SSSR count). The van der Waals surface area contributed by atoms with Gasteiger partial charge >= 0.3 is 0 Å². The predicted octanol–water partition coefficient (Wildman–Crippen LogP) is 2.71. The van der Waals surface area contributed by atoms with Gasteiger partial charge in [0.15, 0.2) is 0 Å². The molecule has 5 heteroatoms. The van der Waals surface area contributed by atoms with Crippen LogP contribution in [0.4, 0.5) is 0 Å². The minimum absolute atomic E-state index is 0.401. The Morgan fingerprint density at radius 1 is 1.35 bits per heavy atom. The molecule has 0 fully saturated rings. The monoisotopic (exact) mass is 286 g/mol. The van der Waals surface area contributed by atoms with Gasteiger partial charge in [0.05, 0.1) is 22.9 Å². The van der Waals surface area contributed by atoms with E-state index in [0.29, 0.717) is 6.04 Å². The van der Waals surface area contributed by atoms with Crippen molar-refractivity contribution in [1.29, 1.82) is 0 Å². The Morgan fingerprint density at radius 2 is 2.25 bits per heavy atom. The lowest BCUT2D eigenvalue weighted by molar-refractivity contribution is 0.463. The average molecular weight is 286 g/mol. The van der Waals surface area contributed by atoms with Crippen LogP contribution in [0.25, 0.3) is 11.0 Å². The van der Waals surface area contributed by atoms with Crippen LogP contribution in [-0.4, -0.2) is 27.1 Å². The number of aromatic nitrogens is 3. The minimum Gasteiger partial charge on any atom is -0.329 e. The van der Waals surface area contributed by atoms with Gasteiger partial charge in [-0.3, -0.25) is 4.98 Å². The molecule has 0 amide bonds. The molecular weight excluding hydrogens is 268 g/mol. The van der Waals surface area contributed by atoms with Crippen molar-refractivity contribution in [2.24, 2.45) is 0 Å². The number of hydrogen-bond donors (Lipinski definition) is 1. The zero-order valence-corrected chi connectivity index (χ0v) is 12.3. The van der Waals surface area contributed by atoms with Crippen molar-refractivity contribution in [2.75, 3.05) is 6.54 Å². The van der Waals surface area contributed by atoms with Gasteiger partial charge in [-0.05, 0) is 18.7 Å². The van der Waals surface area contributed by atoms with E-state index in [1.807, 2.05) is 24.1 Å². The summed E-state index contributed by atoms with van der Waals surface area (Å²) in [6.07, 6.45) is 4.90. The van der Waals surface area contributed by atoms with Crippen molar-refractivity contribution >= 4 is 22.4 Å². The maximum absolute atomic E-state index is 4.45. The predicted molar refractivity (Wildman–Crippen MR) is 83.0 cm³/mol. The molecule has 0 saturated carbocycles. The molecule has 0 saturated heterocycles. The van der Waals surface area contributed by atoms with Crippen LogP contribution in [0.1, 0.15) is 11.8 Å². The highest BCUT2D eigenvalue weighted by Gasteiger charge is 2.12. The highest BCUT2D eigenvalue weighted by molar-refractivity contribution is 7.09. The Labute approximate surface area is 122 Å². The van der Waals surface area contributed by atoms with E-state index < -0.39 is 0 Å². The third kappa shape index (κ3) is 2.89. The molecule has 104 valence electrons. The standard InChI is InChI=1S/C15H18N4S/c1-2-17-12(7-13-8-16-11-20-13)9-19-10-18-14-5-3-4-6-15(14)19/h3-6,8,10-12,17H,2,7,9H2,1H3. The smallest absolute Gasteiger partial charge is 0.0958 e. The molecule has 1 unspecified atom stereocenters. The first-order chi connectivity index (χ1) is 9.86. The van der Waals surface area contributed by atoms with E-state index in [-0.39, 0.29) is 0 Å². The van der Waals surface area contributed by atoms with Crippen molar-refractivity contribution < 1.29 is 0 Å². The lowest BCUT2D eigenvalue weighted by Gasteiger charge is -2.18. The van der Waals surface area contributed by atoms with Crippen LogP contribution in [0.3, 0.4) is 0 Å². The van der Waals surface area contributed by atoms with Crippen LogP contribution < -0.4 is 5.32 Å². The van der Waals surface area contributed by atoms with Crippen molar-refractivity contribution in [1.82, 2.24) is 19.9 Å². The second-order valence-electron chi connectivity index (χ2n) is 4.81.